The number of rotatable bonds is 16. The summed E-state index contributed by atoms with van der Waals surface area (Å²) in [6.07, 6.45) is 2.63. The summed E-state index contributed by atoms with van der Waals surface area (Å²) in [6.45, 7) is 35.5. The summed E-state index contributed by atoms with van der Waals surface area (Å²) in [7, 11) is 0. The Hall–Kier alpha value is -4.52. The zero-order valence-corrected chi connectivity index (χ0v) is 21.8. The van der Waals surface area contributed by atoms with Crippen molar-refractivity contribution in [2.24, 2.45) is 0 Å². The molecule has 0 fully saturated rings. The molecule has 0 heterocycles. The first kappa shape index (κ1) is 34.5. The summed E-state index contributed by atoms with van der Waals surface area (Å²) in [5.74, 6) is -5.42. The second kappa shape index (κ2) is 15.0. The molecule has 0 bridgehead atoms. The van der Waals surface area contributed by atoms with Crippen LogP contribution in [0.25, 0.3) is 0 Å². The van der Waals surface area contributed by atoms with Crippen molar-refractivity contribution in [1.82, 2.24) is 0 Å². The minimum atomic E-state index is -4.33. The Bertz CT molecular complexity index is 1310. The number of hydrogen-bond acceptors (Lipinski definition) is 1. The van der Waals surface area contributed by atoms with Crippen LogP contribution in [0.4, 0.5) is 26.3 Å². The van der Waals surface area contributed by atoms with E-state index in [0.29, 0.717) is 17.7 Å². The lowest BCUT2D eigenvalue weighted by Gasteiger charge is -2.19. The molecule has 0 rings (SSSR count). The smallest absolute Gasteiger partial charge is 0.428 e. The van der Waals surface area contributed by atoms with Gasteiger partial charge in [-0.2, -0.15) is 8.78 Å². The summed E-state index contributed by atoms with van der Waals surface area (Å²) in [5.41, 5.74) is -1.56. The van der Waals surface area contributed by atoms with Gasteiger partial charge >= 0.3 is 6.11 Å². The van der Waals surface area contributed by atoms with Crippen LogP contribution in [0.5, 0.6) is 0 Å². The summed E-state index contributed by atoms with van der Waals surface area (Å²) >= 11 is 0. The van der Waals surface area contributed by atoms with Crippen molar-refractivity contribution in [3.05, 3.63) is 182 Å². The molecular formula is C32H30F6O. The SMILES string of the molecule is C=C(C)/C=C\C(=C)C(=C)/C=C(/F)C(=C)C(F)(F)OC(=C)/C=C(/F)C(=C)C(=C)/C=C(/F)C(=C)C(=C)/C=C\C(=C)F. The molecule has 1 nitrogen and oxygen atoms in total. The number of allylic oxidation sites excluding steroid dienone is 17. The topological polar surface area (TPSA) is 9.23 Å². The quantitative estimate of drug-likeness (QED) is 0.107. The average Bonchev–Trinajstić information content (AvgIpc) is 2.83. The molecule has 0 radical (unpaired) electrons. The van der Waals surface area contributed by atoms with Crippen LogP contribution in [0.3, 0.4) is 0 Å². The molecule has 0 spiro atoms. The first-order chi connectivity index (χ1) is 17.8. The zero-order chi connectivity index (χ0) is 30.7. The molecule has 7 heteroatoms. The first-order valence-corrected chi connectivity index (χ1v) is 10.9. The largest absolute Gasteiger partial charge is 0.429 e. The second-order valence-corrected chi connectivity index (χ2v) is 8.06. The van der Waals surface area contributed by atoms with E-state index < -0.39 is 46.3 Å². The lowest BCUT2D eigenvalue weighted by Crippen LogP contribution is -2.23. The first-order valence-electron chi connectivity index (χ1n) is 10.9. The molecule has 0 aromatic heterocycles. The van der Waals surface area contributed by atoms with Gasteiger partial charge in [0.1, 0.15) is 29.1 Å². The number of ether oxygens (including phenoxy) is 1. The molecule has 0 aliphatic rings. The van der Waals surface area contributed by atoms with E-state index in [0.717, 1.165) is 18.2 Å². The fourth-order valence-electron chi connectivity index (χ4n) is 2.23. The molecule has 0 atom stereocenters. The summed E-state index contributed by atoms with van der Waals surface area (Å²) in [6, 6.07) is 0. The minimum Gasteiger partial charge on any atom is -0.429 e. The van der Waals surface area contributed by atoms with Crippen LogP contribution in [-0.4, -0.2) is 6.11 Å². The molecular weight excluding hydrogens is 514 g/mol. The van der Waals surface area contributed by atoms with Crippen LogP contribution in [0.15, 0.2) is 182 Å². The maximum atomic E-state index is 14.6. The van der Waals surface area contributed by atoms with Crippen LogP contribution in [0.2, 0.25) is 0 Å². The van der Waals surface area contributed by atoms with Crippen molar-refractivity contribution in [3.63, 3.8) is 0 Å². The van der Waals surface area contributed by atoms with E-state index in [4.69, 9.17) is 0 Å². The van der Waals surface area contributed by atoms with Crippen molar-refractivity contribution < 1.29 is 31.1 Å². The third-order valence-corrected chi connectivity index (χ3v) is 4.59. The highest BCUT2D eigenvalue weighted by Crippen LogP contribution is 2.34. The predicted octanol–water partition coefficient (Wildman–Crippen LogP) is 10.7. The Morgan fingerprint density at radius 2 is 1.03 bits per heavy atom. The zero-order valence-electron chi connectivity index (χ0n) is 21.8. The van der Waals surface area contributed by atoms with Crippen molar-refractivity contribution in [3.8, 4) is 0 Å². The molecule has 0 aromatic carbocycles. The van der Waals surface area contributed by atoms with E-state index in [1.54, 1.807) is 13.0 Å². The monoisotopic (exact) mass is 544 g/mol. The number of halogens is 6. The van der Waals surface area contributed by atoms with Crippen molar-refractivity contribution in [2.75, 3.05) is 0 Å². The van der Waals surface area contributed by atoms with E-state index in [1.807, 2.05) is 0 Å². The molecule has 0 amide bonds. The average molecular weight is 545 g/mol. The number of alkyl halides is 2. The van der Waals surface area contributed by atoms with Crippen molar-refractivity contribution in [2.45, 2.75) is 13.0 Å². The molecule has 0 aromatic rings. The fraction of sp³-hybridized carbons (Fsp3) is 0.0625. The van der Waals surface area contributed by atoms with E-state index in [2.05, 4.69) is 70.5 Å². The molecule has 0 N–H and O–H groups in total. The fourth-order valence-corrected chi connectivity index (χ4v) is 2.23. The molecule has 0 saturated carbocycles. The third-order valence-electron chi connectivity index (χ3n) is 4.59. The standard InChI is InChI=1S/C32H30F6O/c1-19(2)12-13-20(3)22(5)16-31(36)28(11)32(37,38)39-25(8)18-30(35)27(10)23(6)17-29(34)26(9)21(4)14-15-24(7)33/h12-18H,1,3-11H2,2H3/b13-12-,15-14-,29-17+,30-18+,31-16+. The Labute approximate surface area is 226 Å². The van der Waals surface area contributed by atoms with E-state index in [9.17, 15) is 26.3 Å². The van der Waals surface area contributed by atoms with Gasteiger partial charge in [0, 0.05) is 17.2 Å². The molecule has 0 unspecified atom stereocenters. The maximum absolute atomic E-state index is 14.6. The van der Waals surface area contributed by atoms with Crippen molar-refractivity contribution >= 4 is 0 Å². The molecule has 0 aliphatic carbocycles. The lowest BCUT2D eigenvalue weighted by molar-refractivity contribution is -0.177. The third kappa shape index (κ3) is 12.0. The van der Waals surface area contributed by atoms with Crippen LogP contribution in [0, 0.1) is 0 Å². The summed E-state index contributed by atoms with van der Waals surface area (Å²) in [4.78, 5) is 0. The van der Waals surface area contributed by atoms with Gasteiger partial charge in [-0.1, -0.05) is 89.6 Å². The van der Waals surface area contributed by atoms with E-state index in [1.165, 1.54) is 6.08 Å². The minimum absolute atomic E-state index is 0.00119. The van der Waals surface area contributed by atoms with Gasteiger partial charge in [0.2, 0.25) is 0 Å². The van der Waals surface area contributed by atoms with E-state index >= 15 is 0 Å². The van der Waals surface area contributed by atoms with Crippen LogP contribution in [-0.2, 0) is 4.74 Å². The highest BCUT2D eigenvalue weighted by Gasteiger charge is 2.38. The van der Waals surface area contributed by atoms with Gasteiger partial charge < -0.3 is 4.74 Å². The van der Waals surface area contributed by atoms with Crippen LogP contribution < -0.4 is 0 Å². The van der Waals surface area contributed by atoms with Gasteiger partial charge in [-0.25, -0.2) is 17.6 Å². The second-order valence-electron chi connectivity index (χ2n) is 8.06. The van der Waals surface area contributed by atoms with Gasteiger partial charge in [0.25, 0.3) is 0 Å². The predicted molar refractivity (Wildman–Crippen MR) is 150 cm³/mol. The summed E-state index contributed by atoms with van der Waals surface area (Å²) < 4.78 is 89.3. The van der Waals surface area contributed by atoms with Crippen molar-refractivity contribution in [1.29, 1.82) is 0 Å². The Kier molecular flexibility index (Phi) is 13.3. The molecule has 0 saturated heterocycles. The van der Waals surface area contributed by atoms with E-state index in [-0.39, 0.29) is 27.9 Å². The lowest BCUT2D eigenvalue weighted by atomic mass is 10.0. The highest BCUT2D eigenvalue weighted by atomic mass is 19.3. The molecule has 206 valence electrons. The van der Waals surface area contributed by atoms with Gasteiger partial charge in [-0.05, 0) is 47.4 Å². The summed E-state index contributed by atoms with van der Waals surface area (Å²) in [5, 5.41) is 0. The Balaban J connectivity index is 5.52. The normalized spacial score (nSPS) is 12.7. The molecule has 0 aliphatic heterocycles. The Morgan fingerprint density at radius 3 is 1.54 bits per heavy atom. The number of hydrogen-bond donors (Lipinski definition) is 0. The maximum Gasteiger partial charge on any atom is 0.428 e. The van der Waals surface area contributed by atoms with Gasteiger partial charge in [-0.15, -0.1) is 0 Å². The van der Waals surface area contributed by atoms with Gasteiger partial charge in [-0.3, -0.25) is 0 Å². The van der Waals surface area contributed by atoms with Crippen LogP contribution in [0.1, 0.15) is 6.92 Å². The van der Waals surface area contributed by atoms with Gasteiger partial charge in [0.05, 0.1) is 5.57 Å². The highest BCUT2D eigenvalue weighted by molar-refractivity contribution is 5.54. The molecule has 39 heavy (non-hydrogen) atoms. The van der Waals surface area contributed by atoms with Crippen LogP contribution >= 0.6 is 0 Å². The van der Waals surface area contributed by atoms with Gasteiger partial charge in [0.15, 0.2) is 0 Å². The Morgan fingerprint density at radius 1 is 0.564 bits per heavy atom.